The van der Waals surface area contributed by atoms with E-state index in [0.29, 0.717) is 24.8 Å². The van der Waals surface area contributed by atoms with Crippen LogP contribution in [-0.4, -0.2) is 36.7 Å². The predicted molar refractivity (Wildman–Crippen MR) is 97.0 cm³/mol. The molecule has 0 spiro atoms. The van der Waals surface area contributed by atoms with Crippen LogP contribution in [-0.2, 0) is 16.0 Å². The Hall–Kier alpha value is -1.47. The molecule has 24 heavy (non-hydrogen) atoms. The standard InChI is InChI=1S/C17H20ClN3O2S/c1-11-15(8-12-4-2-3-5-14(12)18)24-17(20-11)21-16(22)9-13-10-23-7-6-19-13/h2-5,13,19H,6-10H2,1H3,(H,20,21,22). The van der Waals surface area contributed by atoms with Crippen molar-refractivity contribution in [2.45, 2.75) is 25.8 Å². The number of halogens is 1. The van der Waals surface area contributed by atoms with Crippen LogP contribution in [0.3, 0.4) is 0 Å². The molecule has 1 aliphatic heterocycles. The first-order valence-corrected chi connectivity index (χ1v) is 9.12. The zero-order valence-electron chi connectivity index (χ0n) is 13.5. The Balaban J connectivity index is 1.61. The molecule has 1 aromatic heterocycles. The Morgan fingerprint density at radius 3 is 3.08 bits per heavy atom. The Morgan fingerprint density at radius 1 is 1.50 bits per heavy atom. The van der Waals surface area contributed by atoms with Crippen molar-refractivity contribution in [1.29, 1.82) is 0 Å². The van der Waals surface area contributed by atoms with E-state index in [4.69, 9.17) is 16.3 Å². The number of nitrogens with one attached hydrogen (secondary N) is 2. The molecule has 0 bridgehead atoms. The monoisotopic (exact) mass is 365 g/mol. The smallest absolute Gasteiger partial charge is 0.227 e. The van der Waals surface area contributed by atoms with Crippen LogP contribution < -0.4 is 10.6 Å². The zero-order chi connectivity index (χ0) is 16.9. The maximum atomic E-state index is 12.2. The average Bonchev–Trinajstić information content (AvgIpc) is 2.90. The normalized spacial score (nSPS) is 17.7. The quantitative estimate of drug-likeness (QED) is 0.855. The summed E-state index contributed by atoms with van der Waals surface area (Å²) >= 11 is 7.72. The second kappa shape index (κ2) is 8.07. The number of hydrogen-bond donors (Lipinski definition) is 2. The Kier molecular flexibility index (Phi) is 5.84. The summed E-state index contributed by atoms with van der Waals surface area (Å²) in [6.45, 7) is 4.02. The number of aromatic nitrogens is 1. The Labute approximate surface area is 150 Å². The molecule has 0 saturated carbocycles. The highest BCUT2D eigenvalue weighted by molar-refractivity contribution is 7.15. The summed E-state index contributed by atoms with van der Waals surface area (Å²) in [6.07, 6.45) is 1.11. The molecule has 3 rings (SSSR count). The Bertz CT molecular complexity index is 714. The fourth-order valence-corrected chi connectivity index (χ4v) is 3.81. The maximum Gasteiger partial charge on any atom is 0.227 e. The molecule has 0 aliphatic carbocycles. The number of ether oxygens (including phenoxy) is 1. The summed E-state index contributed by atoms with van der Waals surface area (Å²) in [4.78, 5) is 17.7. The van der Waals surface area contributed by atoms with Crippen molar-refractivity contribution in [3.8, 4) is 0 Å². The minimum absolute atomic E-state index is 0.0453. The number of nitrogens with zero attached hydrogens (tertiary/aromatic N) is 1. The van der Waals surface area contributed by atoms with Crippen LogP contribution in [0.25, 0.3) is 0 Å². The third kappa shape index (κ3) is 4.54. The highest BCUT2D eigenvalue weighted by Crippen LogP contribution is 2.27. The van der Waals surface area contributed by atoms with Crippen molar-refractivity contribution in [1.82, 2.24) is 10.3 Å². The largest absolute Gasteiger partial charge is 0.378 e. The second-order valence-electron chi connectivity index (χ2n) is 5.77. The molecule has 128 valence electrons. The van der Waals surface area contributed by atoms with E-state index in [1.807, 2.05) is 31.2 Å². The van der Waals surface area contributed by atoms with Crippen molar-refractivity contribution in [3.63, 3.8) is 0 Å². The van der Waals surface area contributed by atoms with Gasteiger partial charge in [-0.3, -0.25) is 4.79 Å². The van der Waals surface area contributed by atoms with E-state index < -0.39 is 0 Å². The predicted octanol–water partition coefficient (Wildman–Crippen LogP) is 3.01. The van der Waals surface area contributed by atoms with Gasteiger partial charge in [0.05, 0.1) is 18.9 Å². The molecule has 7 heteroatoms. The lowest BCUT2D eigenvalue weighted by atomic mass is 10.1. The molecule has 2 aromatic rings. The number of rotatable bonds is 5. The second-order valence-corrected chi connectivity index (χ2v) is 7.26. The lowest BCUT2D eigenvalue weighted by molar-refractivity contribution is -0.117. The van der Waals surface area contributed by atoms with Crippen LogP contribution in [0.2, 0.25) is 5.02 Å². The molecule has 1 atom stereocenters. The molecule has 2 heterocycles. The van der Waals surface area contributed by atoms with Crippen molar-refractivity contribution < 1.29 is 9.53 Å². The van der Waals surface area contributed by atoms with Gasteiger partial charge in [-0.2, -0.15) is 0 Å². The molecular formula is C17H20ClN3O2S. The van der Waals surface area contributed by atoms with Crippen LogP contribution in [0.5, 0.6) is 0 Å². The van der Waals surface area contributed by atoms with Crippen molar-refractivity contribution in [3.05, 3.63) is 45.4 Å². The molecule has 1 unspecified atom stereocenters. The van der Waals surface area contributed by atoms with Gasteiger partial charge in [-0.15, -0.1) is 11.3 Å². The van der Waals surface area contributed by atoms with E-state index in [2.05, 4.69) is 15.6 Å². The first-order valence-electron chi connectivity index (χ1n) is 7.92. The summed E-state index contributed by atoms with van der Waals surface area (Å²) in [7, 11) is 0. The van der Waals surface area contributed by atoms with Gasteiger partial charge < -0.3 is 15.4 Å². The van der Waals surface area contributed by atoms with Crippen molar-refractivity contribution >= 4 is 34.0 Å². The maximum absolute atomic E-state index is 12.2. The van der Waals surface area contributed by atoms with E-state index in [-0.39, 0.29) is 11.9 Å². The summed E-state index contributed by atoms with van der Waals surface area (Å²) in [5.41, 5.74) is 1.99. The minimum Gasteiger partial charge on any atom is -0.378 e. The molecule has 1 saturated heterocycles. The number of hydrogen-bond acceptors (Lipinski definition) is 5. The molecule has 1 amide bonds. The lowest BCUT2D eigenvalue weighted by Gasteiger charge is -2.22. The fraction of sp³-hybridized carbons (Fsp3) is 0.412. The van der Waals surface area contributed by atoms with E-state index in [9.17, 15) is 4.79 Å². The van der Waals surface area contributed by atoms with Crippen LogP contribution in [0.4, 0.5) is 5.13 Å². The third-order valence-electron chi connectivity index (χ3n) is 3.88. The van der Waals surface area contributed by atoms with Crippen LogP contribution in [0.15, 0.2) is 24.3 Å². The van der Waals surface area contributed by atoms with Gasteiger partial charge >= 0.3 is 0 Å². The average molecular weight is 366 g/mol. The van der Waals surface area contributed by atoms with Crippen molar-refractivity contribution in [2.24, 2.45) is 0 Å². The summed E-state index contributed by atoms with van der Waals surface area (Å²) in [5.74, 6) is -0.0453. The first kappa shape index (κ1) is 17.4. The van der Waals surface area contributed by atoms with Gasteiger partial charge in [0.1, 0.15) is 0 Å². The van der Waals surface area contributed by atoms with Gasteiger partial charge in [0.25, 0.3) is 0 Å². The number of carbonyl (C=O) groups excluding carboxylic acids is 1. The highest BCUT2D eigenvalue weighted by Gasteiger charge is 2.18. The topological polar surface area (TPSA) is 63.2 Å². The van der Waals surface area contributed by atoms with E-state index in [1.54, 1.807) is 0 Å². The van der Waals surface area contributed by atoms with Crippen LogP contribution in [0.1, 0.15) is 22.6 Å². The zero-order valence-corrected chi connectivity index (χ0v) is 15.0. The molecule has 1 aromatic carbocycles. The SMILES string of the molecule is Cc1nc(NC(=O)CC2COCCN2)sc1Cc1ccccc1Cl. The van der Waals surface area contributed by atoms with E-state index in [1.165, 1.54) is 11.3 Å². The van der Waals surface area contributed by atoms with Crippen LogP contribution in [0, 0.1) is 6.92 Å². The number of aryl methyl sites for hydroxylation is 1. The van der Waals surface area contributed by atoms with Gasteiger partial charge in [0.15, 0.2) is 5.13 Å². The number of amides is 1. The van der Waals surface area contributed by atoms with Gasteiger partial charge in [0, 0.05) is 35.3 Å². The number of benzene rings is 1. The summed E-state index contributed by atoms with van der Waals surface area (Å²) in [5, 5.41) is 7.55. The molecular weight excluding hydrogens is 346 g/mol. The summed E-state index contributed by atoms with van der Waals surface area (Å²) in [6, 6.07) is 7.85. The fourth-order valence-electron chi connectivity index (χ4n) is 2.61. The molecule has 1 fully saturated rings. The van der Waals surface area contributed by atoms with Gasteiger partial charge in [0.2, 0.25) is 5.91 Å². The van der Waals surface area contributed by atoms with Gasteiger partial charge in [-0.05, 0) is 18.6 Å². The first-order chi connectivity index (χ1) is 11.6. The molecule has 5 nitrogen and oxygen atoms in total. The summed E-state index contributed by atoms with van der Waals surface area (Å²) < 4.78 is 5.37. The third-order valence-corrected chi connectivity index (χ3v) is 5.32. The molecule has 1 aliphatic rings. The number of thiazole rings is 1. The number of morpholine rings is 1. The van der Waals surface area contributed by atoms with E-state index in [0.717, 1.165) is 34.1 Å². The van der Waals surface area contributed by atoms with Crippen LogP contribution >= 0.6 is 22.9 Å². The molecule has 2 N–H and O–H groups in total. The van der Waals surface area contributed by atoms with E-state index >= 15 is 0 Å². The minimum atomic E-state index is -0.0453. The van der Waals surface area contributed by atoms with Crippen molar-refractivity contribution in [2.75, 3.05) is 25.1 Å². The molecule has 0 radical (unpaired) electrons. The van der Waals surface area contributed by atoms with Gasteiger partial charge in [-0.25, -0.2) is 4.98 Å². The highest BCUT2D eigenvalue weighted by atomic mass is 35.5. The van der Waals surface area contributed by atoms with Gasteiger partial charge in [-0.1, -0.05) is 29.8 Å². The number of carbonyl (C=O) groups is 1. The lowest BCUT2D eigenvalue weighted by Crippen LogP contribution is -2.43. The Morgan fingerprint density at radius 2 is 2.33 bits per heavy atom. The number of anilines is 1.